The van der Waals surface area contributed by atoms with Crippen LogP contribution in [0.15, 0.2) is 66.9 Å². The van der Waals surface area contributed by atoms with E-state index in [1.807, 2.05) is 48.5 Å². The Kier molecular flexibility index (Phi) is 4.80. The van der Waals surface area contributed by atoms with Gasteiger partial charge in [-0.25, -0.2) is 0 Å². The van der Waals surface area contributed by atoms with Gasteiger partial charge in [-0.3, -0.25) is 9.78 Å². The van der Waals surface area contributed by atoms with Gasteiger partial charge in [-0.1, -0.05) is 30.3 Å². The first-order chi connectivity index (χ1) is 12.1. The Bertz CT molecular complexity index is 891. The number of carbonyl (C=O) groups excluding carboxylic acids is 1. The van der Waals surface area contributed by atoms with Crippen molar-refractivity contribution in [2.45, 2.75) is 13.8 Å². The highest BCUT2D eigenvalue weighted by molar-refractivity contribution is 6.04. The Labute approximate surface area is 148 Å². The van der Waals surface area contributed by atoms with E-state index in [2.05, 4.69) is 30.2 Å². The van der Waals surface area contributed by atoms with Crippen LogP contribution in [0.1, 0.15) is 21.6 Å². The summed E-state index contributed by atoms with van der Waals surface area (Å²) in [5.41, 5.74) is 5.52. The van der Waals surface area contributed by atoms with Crippen LogP contribution in [0.25, 0.3) is 0 Å². The first kappa shape index (κ1) is 16.7. The van der Waals surface area contributed by atoms with Crippen LogP contribution in [0.4, 0.5) is 17.1 Å². The van der Waals surface area contributed by atoms with E-state index >= 15 is 0 Å². The van der Waals surface area contributed by atoms with Crippen LogP contribution in [0.5, 0.6) is 0 Å². The Morgan fingerprint density at radius 2 is 1.76 bits per heavy atom. The minimum absolute atomic E-state index is 0.143. The van der Waals surface area contributed by atoms with Crippen molar-refractivity contribution in [2.24, 2.45) is 0 Å². The fourth-order valence-electron chi connectivity index (χ4n) is 2.61. The zero-order valence-corrected chi connectivity index (χ0v) is 14.7. The standard InChI is InChI=1S/C21H21N3O/c1-15-8-7-11-19(16(15)2)23-17-12-13-22-20(14-17)21(25)24(3)18-9-5-4-6-10-18/h4-14H,1-3H3,(H,22,23). The molecule has 25 heavy (non-hydrogen) atoms. The van der Waals surface area contributed by atoms with E-state index in [9.17, 15) is 4.79 Å². The summed E-state index contributed by atoms with van der Waals surface area (Å²) in [6.07, 6.45) is 1.65. The Morgan fingerprint density at radius 3 is 2.52 bits per heavy atom. The molecule has 4 nitrogen and oxygen atoms in total. The maximum Gasteiger partial charge on any atom is 0.276 e. The molecule has 0 fully saturated rings. The van der Waals surface area contributed by atoms with Gasteiger partial charge in [0.25, 0.3) is 5.91 Å². The fourth-order valence-corrected chi connectivity index (χ4v) is 2.61. The predicted octanol–water partition coefficient (Wildman–Crippen LogP) is 4.72. The van der Waals surface area contributed by atoms with Crippen molar-refractivity contribution < 1.29 is 4.79 Å². The van der Waals surface area contributed by atoms with Gasteiger partial charge in [0.1, 0.15) is 5.69 Å². The molecule has 0 atom stereocenters. The highest BCUT2D eigenvalue weighted by atomic mass is 16.2. The van der Waals surface area contributed by atoms with E-state index in [-0.39, 0.29) is 5.91 Å². The summed E-state index contributed by atoms with van der Waals surface area (Å²) in [6.45, 7) is 4.16. The third-order valence-corrected chi connectivity index (χ3v) is 4.31. The summed E-state index contributed by atoms with van der Waals surface area (Å²) in [6, 6.07) is 19.3. The molecule has 0 aliphatic rings. The zero-order valence-electron chi connectivity index (χ0n) is 14.7. The molecule has 1 N–H and O–H groups in total. The van der Waals surface area contributed by atoms with Crippen LogP contribution < -0.4 is 10.2 Å². The molecule has 0 bridgehead atoms. The van der Waals surface area contributed by atoms with Gasteiger partial charge in [-0.2, -0.15) is 0 Å². The normalized spacial score (nSPS) is 10.4. The SMILES string of the molecule is Cc1cccc(Nc2ccnc(C(=O)N(C)c3ccccc3)c2)c1C. The molecular weight excluding hydrogens is 310 g/mol. The number of para-hydroxylation sites is 1. The second kappa shape index (κ2) is 7.18. The molecule has 1 heterocycles. The molecule has 0 radical (unpaired) electrons. The molecule has 4 heteroatoms. The number of rotatable bonds is 4. The molecule has 3 rings (SSSR count). The lowest BCUT2D eigenvalue weighted by Crippen LogP contribution is -2.27. The molecule has 0 saturated carbocycles. The van der Waals surface area contributed by atoms with Gasteiger partial charge in [0.15, 0.2) is 0 Å². The highest BCUT2D eigenvalue weighted by Gasteiger charge is 2.15. The van der Waals surface area contributed by atoms with Gasteiger partial charge in [-0.05, 0) is 55.3 Å². The number of hydrogen-bond donors (Lipinski definition) is 1. The summed E-state index contributed by atoms with van der Waals surface area (Å²) >= 11 is 0. The van der Waals surface area contributed by atoms with Gasteiger partial charge in [0.05, 0.1) is 0 Å². The van der Waals surface area contributed by atoms with Crippen LogP contribution in [0.2, 0.25) is 0 Å². The van der Waals surface area contributed by atoms with Crippen molar-refractivity contribution in [2.75, 3.05) is 17.3 Å². The lowest BCUT2D eigenvalue weighted by molar-refractivity contribution is 0.0988. The molecule has 0 spiro atoms. The fraction of sp³-hybridized carbons (Fsp3) is 0.143. The Hall–Kier alpha value is -3.14. The summed E-state index contributed by atoms with van der Waals surface area (Å²) in [4.78, 5) is 18.5. The van der Waals surface area contributed by atoms with Crippen LogP contribution in [-0.2, 0) is 0 Å². The molecule has 0 aliphatic heterocycles. The number of nitrogens with one attached hydrogen (secondary N) is 1. The maximum atomic E-state index is 12.7. The molecule has 3 aromatic rings. The minimum Gasteiger partial charge on any atom is -0.355 e. The van der Waals surface area contributed by atoms with Crippen LogP contribution in [0.3, 0.4) is 0 Å². The average Bonchev–Trinajstić information content (AvgIpc) is 2.65. The number of benzene rings is 2. The monoisotopic (exact) mass is 331 g/mol. The van der Waals surface area contributed by atoms with E-state index in [0.717, 1.165) is 17.1 Å². The van der Waals surface area contributed by atoms with E-state index in [1.165, 1.54) is 11.1 Å². The molecule has 126 valence electrons. The van der Waals surface area contributed by atoms with Gasteiger partial charge >= 0.3 is 0 Å². The molecule has 1 amide bonds. The van der Waals surface area contributed by atoms with Gasteiger partial charge in [-0.15, -0.1) is 0 Å². The summed E-state index contributed by atoms with van der Waals surface area (Å²) < 4.78 is 0. The van der Waals surface area contributed by atoms with Crippen LogP contribution in [0, 0.1) is 13.8 Å². The van der Waals surface area contributed by atoms with Gasteiger partial charge in [0.2, 0.25) is 0 Å². The predicted molar refractivity (Wildman–Crippen MR) is 103 cm³/mol. The number of aryl methyl sites for hydroxylation is 1. The van der Waals surface area contributed by atoms with E-state index < -0.39 is 0 Å². The molecule has 1 aromatic heterocycles. The molecule has 0 saturated heterocycles. The quantitative estimate of drug-likeness (QED) is 0.752. The van der Waals surface area contributed by atoms with Crippen LogP contribution >= 0.6 is 0 Å². The van der Waals surface area contributed by atoms with Gasteiger partial charge < -0.3 is 10.2 Å². The van der Waals surface area contributed by atoms with Gasteiger partial charge in [0, 0.05) is 30.3 Å². The third-order valence-electron chi connectivity index (χ3n) is 4.31. The topological polar surface area (TPSA) is 45.2 Å². The number of nitrogens with zero attached hydrogens (tertiary/aromatic N) is 2. The Morgan fingerprint density at radius 1 is 1.00 bits per heavy atom. The second-order valence-electron chi connectivity index (χ2n) is 6.00. The maximum absolute atomic E-state index is 12.7. The first-order valence-corrected chi connectivity index (χ1v) is 8.18. The summed E-state index contributed by atoms with van der Waals surface area (Å²) in [7, 11) is 1.75. The lowest BCUT2D eigenvalue weighted by atomic mass is 10.1. The number of amides is 1. The summed E-state index contributed by atoms with van der Waals surface area (Å²) in [5, 5.41) is 3.38. The number of anilines is 3. The van der Waals surface area contributed by atoms with E-state index in [4.69, 9.17) is 0 Å². The van der Waals surface area contributed by atoms with Crippen LogP contribution in [-0.4, -0.2) is 17.9 Å². The second-order valence-corrected chi connectivity index (χ2v) is 6.00. The number of aromatic nitrogens is 1. The number of pyridine rings is 1. The lowest BCUT2D eigenvalue weighted by Gasteiger charge is -2.17. The van der Waals surface area contributed by atoms with Crippen molar-refractivity contribution in [3.05, 3.63) is 83.7 Å². The summed E-state index contributed by atoms with van der Waals surface area (Å²) in [5.74, 6) is -0.143. The van der Waals surface area contributed by atoms with E-state index in [1.54, 1.807) is 24.2 Å². The first-order valence-electron chi connectivity index (χ1n) is 8.18. The van der Waals surface area contributed by atoms with Crippen molar-refractivity contribution >= 4 is 23.0 Å². The smallest absolute Gasteiger partial charge is 0.276 e. The molecule has 2 aromatic carbocycles. The van der Waals surface area contributed by atoms with Crippen molar-refractivity contribution in [1.29, 1.82) is 0 Å². The average molecular weight is 331 g/mol. The van der Waals surface area contributed by atoms with Crippen molar-refractivity contribution in [3.63, 3.8) is 0 Å². The number of carbonyl (C=O) groups is 1. The van der Waals surface area contributed by atoms with Crippen molar-refractivity contribution in [1.82, 2.24) is 4.98 Å². The third kappa shape index (κ3) is 3.69. The number of hydrogen-bond acceptors (Lipinski definition) is 3. The molecule has 0 unspecified atom stereocenters. The van der Waals surface area contributed by atoms with E-state index in [0.29, 0.717) is 5.69 Å². The van der Waals surface area contributed by atoms with Crippen molar-refractivity contribution in [3.8, 4) is 0 Å². The molecule has 0 aliphatic carbocycles. The highest BCUT2D eigenvalue weighted by Crippen LogP contribution is 2.23. The zero-order chi connectivity index (χ0) is 17.8. The molecular formula is C21H21N3O. The Balaban J connectivity index is 1.84. The minimum atomic E-state index is -0.143. The largest absolute Gasteiger partial charge is 0.355 e.